The van der Waals surface area contributed by atoms with E-state index in [-0.39, 0.29) is 0 Å². The predicted molar refractivity (Wildman–Crippen MR) is 67.8 cm³/mol. The van der Waals surface area contributed by atoms with Gasteiger partial charge >= 0.3 is 0 Å². The van der Waals surface area contributed by atoms with Gasteiger partial charge in [-0.1, -0.05) is 12.8 Å². The first-order valence-corrected chi connectivity index (χ1v) is 6.90. The third kappa shape index (κ3) is 11.9. The topological polar surface area (TPSA) is 12.0 Å². The molecule has 0 aromatic carbocycles. The van der Waals surface area contributed by atoms with Gasteiger partial charge in [0.05, 0.1) is 0 Å². The molecule has 14 heavy (non-hydrogen) atoms. The van der Waals surface area contributed by atoms with Crippen molar-refractivity contribution in [2.45, 2.75) is 39.0 Å². The Balaban J connectivity index is 2.87. The second-order valence-corrected chi connectivity index (χ2v) is 4.32. The molecule has 0 amide bonds. The minimum absolute atomic E-state index is 0.989. The molecule has 0 radical (unpaired) electrons. The van der Waals surface area contributed by atoms with Crippen molar-refractivity contribution in [1.29, 1.82) is 0 Å². The monoisotopic (exact) mass is 213 g/mol. The van der Waals surface area contributed by atoms with Crippen LogP contribution in [0.25, 0.3) is 0 Å². The van der Waals surface area contributed by atoms with Gasteiger partial charge < -0.3 is 5.32 Å². The van der Waals surface area contributed by atoms with E-state index in [1.165, 1.54) is 31.4 Å². The van der Waals surface area contributed by atoms with Gasteiger partial charge in [-0.2, -0.15) is 11.8 Å². The van der Waals surface area contributed by atoms with Gasteiger partial charge in [-0.25, -0.2) is 0 Å². The maximum Gasteiger partial charge on any atom is 0.0214 e. The fourth-order valence-electron chi connectivity index (χ4n) is 1.25. The largest absolute Gasteiger partial charge is 0.316 e. The summed E-state index contributed by atoms with van der Waals surface area (Å²) in [6.07, 6.45) is 8.61. The summed E-state index contributed by atoms with van der Waals surface area (Å²) in [6, 6.07) is 0. The van der Waals surface area contributed by atoms with Gasteiger partial charge in [-0.3, -0.25) is 0 Å². The zero-order chi connectivity index (χ0) is 10.5. The highest BCUT2D eigenvalue weighted by molar-refractivity contribution is 7.98. The maximum absolute atomic E-state index is 3.40. The summed E-state index contributed by atoms with van der Waals surface area (Å²) in [6.45, 7) is 4.10. The third-order valence-electron chi connectivity index (χ3n) is 2.06. The molecule has 0 atom stereocenters. The highest BCUT2D eigenvalue weighted by atomic mass is 32.2. The van der Waals surface area contributed by atoms with Crippen molar-refractivity contribution < 1.29 is 0 Å². The van der Waals surface area contributed by atoms with Gasteiger partial charge in [-0.15, -0.1) is 11.8 Å². The quantitative estimate of drug-likeness (QED) is 0.467. The van der Waals surface area contributed by atoms with E-state index >= 15 is 0 Å². The lowest BCUT2D eigenvalue weighted by Crippen LogP contribution is -2.16. The standard InChI is InChI=1S/C12H23NS/c1-3-4-7-10-13-11-8-5-6-9-12-14-2/h13H,5-12H2,1-2H3. The van der Waals surface area contributed by atoms with Crippen LogP contribution < -0.4 is 5.32 Å². The molecule has 0 aliphatic carbocycles. The predicted octanol–water partition coefficient (Wildman–Crippen LogP) is 2.91. The van der Waals surface area contributed by atoms with Gasteiger partial charge in [0.1, 0.15) is 0 Å². The van der Waals surface area contributed by atoms with E-state index in [4.69, 9.17) is 0 Å². The van der Waals surface area contributed by atoms with Crippen LogP contribution in [0.1, 0.15) is 39.0 Å². The second-order valence-electron chi connectivity index (χ2n) is 3.33. The molecule has 1 N–H and O–H groups in total. The lowest BCUT2D eigenvalue weighted by atomic mass is 10.2. The van der Waals surface area contributed by atoms with Crippen LogP contribution in [-0.4, -0.2) is 25.1 Å². The van der Waals surface area contributed by atoms with Crippen molar-refractivity contribution in [3.63, 3.8) is 0 Å². The molecule has 0 aliphatic rings. The van der Waals surface area contributed by atoms with Gasteiger partial charge in [0, 0.05) is 13.0 Å². The molecule has 0 aromatic heterocycles. The first kappa shape index (κ1) is 13.9. The Labute approximate surface area is 93.4 Å². The third-order valence-corrected chi connectivity index (χ3v) is 2.75. The Hall–Kier alpha value is -0.130. The minimum Gasteiger partial charge on any atom is -0.316 e. The second kappa shape index (κ2) is 12.9. The Morgan fingerprint density at radius 1 is 1.07 bits per heavy atom. The molecule has 0 aromatic rings. The number of hydrogen-bond donors (Lipinski definition) is 1. The van der Waals surface area contributed by atoms with Crippen LogP contribution in [0.2, 0.25) is 0 Å². The summed E-state index contributed by atoms with van der Waals surface area (Å²) >= 11 is 1.95. The summed E-state index contributed by atoms with van der Waals surface area (Å²) in [5.74, 6) is 7.27. The molecular weight excluding hydrogens is 190 g/mol. The average Bonchev–Trinajstić information content (AvgIpc) is 2.21. The van der Waals surface area contributed by atoms with E-state index in [9.17, 15) is 0 Å². The van der Waals surface area contributed by atoms with Crippen LogP contribution in [0.15, 0.2) is 0 Å². The molecule has 0 saturated heterocycles. The maximum atomic E-state index is 3.40. The van der Waals surface area contributed by atoms with Crippen LogP contribution >= 0.6 is 11.8 Å². The zero-order valence-corrected chi connectivity index (χ0v) is 10.4. The molecule has 82 valence electrons. The lowest BCUT2D eigenvalue weighted by molar-refractivity contribution is 0.605. The van der Waals surface area contributed by atoms with Crippen molar-refractivity contribution in [3.8, 4) is 11.8 Å². The van der Waals surface area contributed by atoms with Crippen molar-refractivity contribution >= 4 is 11.8 Å². The van der Waals surface area contributed by atoms with E-state index in [2.05, 4.69) is 23.4 Å². The Morgan fingerprint density at radius 3 is 2.57 bits per heavy atom. The van der Waals surface area contributed by atoms with Crippen molar-refractivity contribution in [2.75, 3.05) is 25.1 Å². The molecule has 0 heterocycles. The van der Waals surface area contributed by atoms with Crippen LogP contribution in [-0.2, 0) is 0 Å². The summed E-state index contributed by atoms with van der Waals surface area (Å²) < 4.78 is 0. The number of rotatable bonds is 9. The number of thioether (sulfide) groups is 1. The van der Waals surface area contributed by atoms with Crippen LogP contribution in [0.5, 0.6) is 0 Å². The average molecular weight is 213 g/mol. The summed E-state index contributed by atoms with van der Waals surface area (Å²) in [4.78, 5) is 0. The summed E-state index contributed by atoms with van der Waals surface area (Å²) in [5.41, 5.74) is 0. The number of nitrogens with one attached hydrogen (secondary N) is 1. The number of hydrogen-bond acceptors (Lipinski definition) is 2. The Kier molecular flexibility index (Phi) is 12.8. The molecule has 0 fully saturated rings. The molecular formula is C12H23NS. The smallest absolute Gasteiger partial charge is 0.0214 e. The van der Waals surface area contributed by atoms with E-state index in [1.807, 2.05) is 18.7 Å². The molecule has 0 spiro atoms. The van der Waals surface area contributed by atoms with Crippen molar-refractivity contribution in [1.82, 2.24) is 5.32 Å². The van der Waals surface area contributed by atoms with E-state index in [0.29, 0.717) is 0 Å². The van der Waals surface area contributed by atoms with Gasteiger partial charge in [-0.05, 0) is 38.3 Å². The normalized spacial score (nSPS) is 9.57. The summed E-state index contributed by atoms with van der Waals surface area (Å²) in [7, 11) is 0. The Morgan fingerprint density at radius 2 is 1.86 bits per heavy atom. The van der Waals surface area contributed by atoms with Gasteiger partial charge in [0.2, 0.25) is 0 Å². The first-order valence-electron chi connectivity index (χ1n) is 5.51. The number of unbranched alkanes of at least 4 members (excludes halogenated alkanes) is 3. The lowest BCUT2D eigenvalue weighted by Gasteiger charge is -2.02. The van der Waals surface area contributed by atoms with E-state index in [0.717, 1.165) is 19.5 Å². The van der Waals surface area contributed by atoms with Gasteiger partial charge in [0.15, 0.2) is 0 Å². The molecule has 0 bridgehead atoms. The molecule has 0 unspecified atom stereocenters. The molecule has 0 rings (SSSR count). The zero-order valence-electron chi connectivity index (χ0n) is 9.57. The van der Waals surface area contributed by atoms with Crippen LogP contribution in [0.3, 0.4) is 0 Å². The van der Waals surface area contributed by atoms with E-state index in [1.54, 1.807) is 0 Å². The SMILES string of the molecule is CC#CCCNCCCCCCSC. The summed E-state index contributed by atoms with van der Waals surface area (Å²) in [5, 5.41) is 3.40. The highest BCUT2D eigenvalue weighted by Gasteiger charge is 1.89. The van der Waals surface area contributed by atoms with E-state index < -0.39 is 0 Å². The van der Waals surface area contributed by atoms with Gasteiger partial charge in [0.25, 0.3) is 0 Å². The molecule has 0 aliphatic heterocycles. The molecule has 2 heteroatoms. The first-order chi connectivity index (χ1) is 6.91. The molecule has 1 nitrogen and oxygen atoms in total. The fraction of sp³-hybridized carbons (Fsp3) is 0.833. The van der Waals surface area contributed by atoms with Crippen molar-refractivity contribution in [2.24, 2.45) is 0 Å². The fourth-order valence-corrected chi connectivity index (χ4v) is 1.74. The van der Waals surface area contributed by atoms with Crippen molar-refractivity contribution in [3.05, 3.63) is 0 Å². The van der Waals surface area contributed by atoms with Crippen LogP contribution in [0.4, 0.5) is 0 Å². The minimum atomic E-state index is 0.989. The Bertz CT molecular complexity index is 157. The molecule has 0 saturated carbocycles. The highest BCUT2D eigenvalue weighted by Crippen LogP contribution is 2.03. The van der Waals surface area contributed by atoms with Crippen LogP contribution in [0, 0.1) is 11.8 Å².